The van der Waals surface area contributed by atoms with Crippen LogP contribution in [0, 0.1) is 0 Å². The third-order valence-electron chi connectivity index (χ3n) is 5.52. The van der Waals surface area contributed by atoms with Crippen molar-refractivity contribution in [2.75, 3.05) is 26.4 Å². The van der Waals surface area contributed by atoms with E-state index >= 15 is 0 Å². The van der Waals surface area contributed by atoms with Gasteiger partial charge in [-0.05, 0) is 12.8 Å². The second-order valence-electron chi connectivity index (χ2n) is 8.99. The number of carbonyl (C=O) groups is 2. The summed E-state index contributed by atoms with van der Waals surface area (Å²) in [5.41, 5.74) is 3.54. The Morgan fingerprint density at radius 3 is 1.74 bits per heavy atom. The smallest absolute Gasteiger partial charge is 0.462 e. The molecule has 0 saturated heterocycles. The van der Waals surface area contributed by atoms with Crippen LogP contribution in [0.1, 0.15) is 117 Å². The van der Waals surface area contributed by atoms with Crippen LogP contribution in [0.4, 0.5) is 0 Å². The molecule has 1 unspecified atom stereocenters. The summed E-state index contributed by atoms with van der Waals surface area (Å²) in [7, 11) is -4.30. The van der Waals surface area contributed by atoms with Gasteiger partial charge in [-0.15, -0.1) is 0 Å². The minimum Gasteiger partial charge on any atom is -0.462 e. The normalized spacial score (nSPS) is 13.8. The van der Waals surface area contributed by atoms with Crippen molar-refractivity contribution in [2.24, 2.45) is 0 Å². The lowest BCUT2D eigenvalue weighted by Crippen LogP contribution is -2.52. The summed E-state index contributed by atoms with van der Waals surface area (Å²) in [6.45, 7) is 3.98. The van der Waals surface area contributed by atoms with Crippen molar-refractivity contribution in [3.63, 3.8) is 0 Å². The van der Waals surface area contributed by atoms with Crippen LogP contribution in [0.2, 0.25) is 0 Å². The first-order valence-electron chi connectivity index (χ1n) is 13.6. The Labute approximate surface area is 212 Å². The van der Waals surface area contributed by atoms with Gasteiger partial charge < -0.3 is 20.1 Å². The van der Waals surface area contributed by atoms with Crippen molar-refractivity contribution in [3.8, 4) is 0 Å². The molecule has 0 bridgehead atoms. The van der Waals surface area contributed by atoms with E-state index in [4.69, 9.17) is 18.5 Å². The lowest BCUT2D eigenvalue weighted by molar-refractivity contribution is -0.371. The van der Waals surface area contributed by atoms with Gasteiger partial charge in [0, 0.05) is 12.8 Å². The highest BCUT2D eigenvalue weighted by Crippen LogP contribution is 2.43. The molecule has 0 saturated carbocycles. The van der Waals surface area contributed by atoms with E-state index in [1.165, 1.54) is 44.9 Å². The summed E-state index contributed by atoms with van der Waals surface area (Å²) in [4.78, 5) is 34.1. The minimum atomic E-state index is -4.30. The monoisotopic (exact) mass is 524 g/mol. The van der Waals surface area contributed by atoms with E-state index in [2.05, 4.69) is 19.6 Å². The van der Waals surface area contributed by atoms with Gasteiger partial charge >= 0.3 is 19.8 Å². The van der Waals surface area contributed by atoms with Gasteiger partial charge in [-0.25, -0.2) is 4.57 Å². The molecular formula is C25H51NO8P+. The van der Waals surface area contributed by atoms with Gasteiger partial charge in [0.25, 0.3) is 0 Å². The number of quaternary nitrogens is 1. The number of carbonyl (C=O) groups excluding carboxylic acids is 2. The maximum absolute atomic E-state index is 12.3. The van der Waals surface area contributed by atoms with Gasteiger partial charge in [0.05, 0.1) is 13.2 Å². The fourth-order valence-corrected chi connectivity index (χ4v) is 4.26. The highest BCUT2D eigenvalue weighted by Gasteiger charge is 2.26. The number of esters is 2. The maximum Gasteiger partial charge on any atom is 0.472 e. The van der Waals surface area contributed by atoms with E-state index in [1.54, 1.807) is 0 Å². The first kappa shape index (κ1) is 34.0. The average Bonchev–Trinajstić information content (AvgIpc) is 2.83. The molecule has 0 spiro atoms. The molecule has 0 aromatic rings. The predicted octanol–water partition coefficient (Wildman–Crippen LogP) is 5.10. The molecule has 35 heavy (non-hydrogen) atoms. The lowest BCUT2D eigenvalue weighted by Gasteiger charge is -2.19. The Hall–Kier alpha value is -0.990. The van der Waals surface area contributed by atoms with Gasteiger partial charge in [0.2, 0.25) is 0 Å². The Kier molecular flexibility index (Phi) is 22.7. The molecule has 2 atom stereocenters. The van der Waals surface area contributed by atoms with E-state index in [0.717, 1.165) is 38.5 Å². The molecule has 0 radical (unpaired) electrons. The van der Waals surface area contributed by atoms with E-state index in [9.17, 15) is 19.0 Å². The molecule has 0 aromatic carbocycles. The zero-order valence-electron chi connectivity index (χ0n) is 22.2. The molecular weight excluding hydrogens is 473 g/mol. The number of phosphoric ester groups is 1. The first-order valence-corrected chi connectivity index (χ1v) is 15.1. The zero-order valence-corrected chi connectivity index (χ0v) is 23.1. The maximum atomic E-state index is 12.3. The van der Waals surface area contributed by atoms with Crippen LogP contribution in [-0.2, 0) is 32.7 Å². The average molecular weight is 525 g/mol. The Bertz CT molecular complexity index is 576. The second kappa shape index (κ2) is 23.4. The molecule has 0 aliphatic carbocycles. The third kappa shape index (κ3) is 23.2. The Balaban J connectivity index is 4.41. The Morgan fingerprint density at radius 1 is 0.743 bits per heavy atom. The Morgan fingerprint density at radius 2 is 1.23 bits per heavy atom. The van der Waals surface area contributed by atoms with Crippen LogP contribution in [0.15, 0.2) is 0 Å². The van der Waals surface area contributed by atoms with Crippen LogP contribution in [0.5, 0.6) is 0 Å². The fraction of sp³-hybridized carbons (Fsp3) is 0.920. The number of rotatable bonds is 25. The highest BCUT2D eigenvalue weighted by molar-refractivity contribution is 7.47. The number of ether oxygens (including phenoxy) is 2. The van der Waals surface area contributed by atoms with E-state index in [-0.39, 0.29) is 32.0 Å². The van der Waals surface area contributed by atoms with E-state index in [0.29, 0.717) is 13.0 Å². The van der Waals surface area contributed by atoms with Gasteiger partial charge in [0.1, 0.15) is 13.2 Å². The molecule has 208 valence electrons. The summed E-state index contributed by atoms with van der Waals surface area (Å²) in [5.74, 6) is -0.826. The quantitative estimate of drug-likeness (QED) is 0.0956. The predicted molar refractivity (Wildman–Crippen MR) is 136 cm³/mol. The largest absolute Gasteiger partial charge is 0.472 e. The second-order valence-corrected chi connectivity index (χ2v) is 10.4. The molecule has 9 nitrogen and oxygen atoms in total. The molecule has 10 heteroatoms. The van der Waals surface area contributed by atoms with Crippen molar-refractivity contribution in [2.45, 2.75) is 123 Å². The van der Waals surface area contributed by atoms with Crippen LogP contribution in [0.25, 0.3) is 0 Å². The van der Waals surface area contributed by atoms with Crippen LogP contribution >= 0.6 is 7.82 Å². The molecule has 0 rings (SSSR count). The summed E-state index contributed by atoms with van der Waals surface area (Å²) in [6, 6.07) is 0. The van der Waals surface area contributed by atoms with E-state index in [1.807, 2.05) is 0 Å². The number of hydrogen-bond acceptors (Lipinski definition) is 7. The van der Waals surface area contributed by atoms with Crippen LogP contribution in [-0.4, -0.2) is 49.3 Å². The van der Waals surface area contributed by atoms with Crippen molar-refractivity contribution < 1.29 is 43.3 Å². The lowest BCUT2D eigenvalue weighted by atomic mass is 10.1. The van der Waals surface area contributed by atoms with Crippen molar-refractivity contribution in [1.29, 1.82) is 0 Å². The van der Waals surface area contributed by atoms with Gasteiger partial charge in [-0.2, -0.15) is 0 Å². The van der Waals surface area contributed by atoms with Gasteiger partial charge in [0.15, 0.2) is 6.10 Å². The molecule has 0 aliphatic heterocycles. The van der Waals surface area contributed by atoms with Crippen LogP contribution in [0.3, 0.4) is 0 Å². The minimum absolute atomic E-state index is 0.0378. The van der Waals surface area contributed by atoms with E-state index < -0.39 is 26.5 Å². The molecule has 0 aliphatic rings. The number of unbranched alkanes of at least 4 members (excludes halogenated alkanes) is 12. The topological polar surface area (TPSA) is 136 Å². The van der Waals surface area contributed by atoms with Gasteiger partial charge in [-0.1, -0.05) is 90.9 Å². The highest BCUT2D eigenvalue weighted by atomic mass is 31.2. The van der Waals surface area contributed by atoms with Crippen molar-refractivity contribution in [1.82, 2.24) is 0 Å². The van der Waals surface area contributed by atoms with Crippen molar-refractivity contribution >= 4 is 19.8 Å². The molecule has 0 amide bonds. The molecule has 0 heterocycles. The number of phosphoric acid groups is 1. The summed E-state index contributed by atoms with van der Waals surface area (Å²) >= 11 is 0. The molecule has 0 fully saturated rings. The first-order chi connectivity index (χ1) is 16.8. The SMILES string of the molecule is CCCCCCCCCCC(=O)O[C@H](COC(=O)CCCCCCCC)COP(=O)(O)OCC[NH3+]. The summed E-state index contributed by atoms with van der Waals surface area (Å²) in [5, 5.41) is 0. The third-order valence-corrected chi connectivity index (χ3v) is 6.50. The molecule has 0 aromatic heterocycles. The number of hydrogen-bond donors (Lipinski definition) is 2. The van der Waals surface area contributed by atoms with Gasteiger partial charge in [-0.3, -0.25) is 18.6 Å². The standard InChI is InChI=1S/C25H50NO8P/c1-3-5-7-9-11-12-14-16-18-25(28)34-23(22-33-35(29,30)32-20-19-26)21-31-24(27)17-15-13-10-8-6-4-2/h23H,3-22,26H2,1-2H3,(H,29,30)/p+1/t23-/m1/s1. The molecule has 4 N–H and O–H groups in total. The van der Waals surface area contributed by atoms with Crippen molar-refractivity contribution in [3.05, 3.63) is 0 Å². The summed E-state index contributed by atoms with van der Waals surface area (Å²) in [6.07, 6.45) is 14.7. The zero-order chi connectivity index (χ0) is 26.2. The van der Waals surface area contributed by atoms with Crippen LogP contribution < -0.4 is 5.73 Å². The fourth-order valence-electron chi connectivity index (χ4n) is 3.47. The summed E-state index contributed by atoms with van der Waals surface area (Å²) < 4.78 is 32.3.